The topological polar surface area (TPSA) is 47.4 Å². The van der Waals surface area contributed by atoms with Gasteiger partial charge in [-0.3, -0.25) is 9.69 Å². The first-order valence-corrected chi connectivity index (χ1v) is 7.99. The Morgan fingerprint density at radius 2 is 2.24 bits per heavy atom. The fraction of sp³-hybridized carbons (Fsp3) is 0.733. The molecule has 1 aromatic rings. The summed E-state index contributed by atoms with van der Waals surface area (Å²) in [5.41, 5.74) is 0. The number of nitrogens with zero attached hydrogens (tertiary/aromatic N) is 3. The van der Waals surface area contributed by atoms with Crippen molar-refractivity contribution in [2.75, 3.05) is 7.11 Å². The van der Waals surface area contributed by atoms with Crippen molar-refractivity contribution < 1.29 is 9.53 Å². The largest absolute Gasteiger partial charge is 0.468 e. The van der Waals surface area contributed by atoms with Gasteiger partial charge in [0.25, 0.3) is 0 Å². The van der Waals surface area contributed by atoms with E-state index in [1.807, 2.05) is 11.6 Å². The van der Waals surface area contributed by atoms with E-state index in [1.54, 1.807) is 6.20 Å². The molecule has 0 N–H and O–H groups in total. The lowest BCUT2D eigenvalue weighted by Gasteiger charge is -2.32. The van der Waals surface area contributed by atoms with Crippen LogP contribution >= 0.6 is 11.6 Å². The average Bonchev–Trinajstić information content (AvgIpc) is 3.02. The number of carbonyl (C=O) groups excluding carboxylic acids is 1. The molecule has 0 unspecified atom stereocenters. The van der Waals surface area contributed by atoms with E-state index >= 15 is 0 Å². The monoisotopic (exact) mass is 311 g/mol. The number of fused-ring (bicyclic) bond motifs is 1. The van der Waals surface area contributed by atoms with Crippen LogP contribution in [0.3, 0.4) is 0 Å². The molecule has 5 nitrogen and oxygen atoms in total. The molecule has 6 heteroatoms. The van der Waals surface area contributed by atoms with Crippen LogP contribution < -0.4 is 0 Å². The Labute approximate surface area is 130 Å². The molecular formula is C15H22ClN3O2. The fourth-order valence-corrected chi connectivity index (χ4v) is 4.03. The molecule has 21 heavy (non-hydrogen) atoms. The SMILES string of the molecule is COC(=O)[C@@H]1C[C@H]2CCCC[C@H]2N1Cc1ncc(Cl)n1C. The molecule has 0 bridgehead atoms. The maximum atomic E-state index is 12.1. The van der Waals surface area contributed by atoms with Gasteiger partial charge in [0, 0.05) is 13.1 Å². The van der Waals surface area contributed by atoms with Crippen molar-refractivity contribution in [3.63, 3.8) is 0 Å². The number of ether oxygens (including phenoxy) is 1. The molecule has 1 aromatic heterocycles. The van der Waals surface area contributed by atoms with Gasteiger partial charge in [0.1, 0.15) is 17.0 Å². The predicted octanol–water partition coefficient (Wildman–Crippen LogP) is 2.38. The number of hydrogen-bond donors (Lipinski definition) is 0. The lowest BCUT2D eigenvalue weighted by molar-refractivity contribution is -0.146. The predicted molar refractivity (Wildman–Crippen MR) is 79.9 cm³/mol. The van der Waals surface area contributed by atoms with E-state index in [9.17, 15) is 4.79 Å². The minimum atomic E-state index is -0.140. The average molecular weight is 312 g/mol. The molecule has 2 heterocycles. The van der Waals surface area contributed by atoms with E-state index in [-0.39, 0.29) is 12.0 Å². The molecule has 116 valence electrons. The molecule has 2 aliphatic rings. The van der Waals surface area contributed by atoms with Gasteiger partial charge in [0.05, 0.1) is 19.9 Å². The van der Waals surface area contributed by atoms with E-state index in [2.05, 4.69) is 9.88 Å². The molecule has 1 saturated carbocycles. The molecule has 0 radical (unpaired) electrons. The van der Waals surface area contributed by atoms with E-state index in [0.717, 1.165) is 18.7 Å². The zero-order valence-corrected chi connectivity index (χ0v) is 13.3. The summed E-state index contributed by atoms with van der Waals surface area (Å²) in [6, 6.07) is 0.330. The van der Waals surface area contributed by atoms with E-state index in [4.69, 9.17) is 16.3 Å². The van der Waals surface area contributed by atoms with Crippen molar-refractivity contribution in [1.82, 2.24) is 14.5 Å². The van der Waals surface area contributed by atoms with E-state index in [0.29, 0.717) is 23.7 Å². The number of aromatic nitrogens is 2. The second kappa shape index (κ2) is 5.97. The number of rotatable bonds is 3. The first kappa shape index (κ1) is 14.9. The Bertz CT molecular complexity index is 531. The van der Waals surface area contributed by atoms with Crippen molar-refractivity contribution in [1.29, 1.82) is 0 Å². The Balaban J connectivity index is 1.84. The van der Waals surface area contributed by atoms with Gasteiger partial charge in [-0.2, -0.15) is 0 Å². The molecule has 1 aliphatic carbocycles. The van der Waals surface area contributed by atoms with Crippen LogP contribution in [-0.2, 0) is 23.1 Å². The lowest BCUT2D eigenvalue weighted by Crippen LogP contribution is -2.42. The number of likely N-dealkylation sites (tertiary alicyclic amines) is 1. The summed E-state index contributed by atoms with van der Waals surface area (Å²) in [6.45, 7) is 0.657. The normalized spacial score (nSPS) is 29.4. The van der Waals surface area contributed by atoms with Crippen molar-refractivity contribution in [3.8, 4) is 0 Å². The molecule has 2 fully saturated rings. The molecule has 3 atom stereocenters. The number of imidazole rings is 1. The molecular weight excluding hydrogens is 290 g/mol. The maximum absolute atomic E-state index is 12.1. The summed E-state index contributed by atoms with van der Waals surface area (Å²) in [6.07, 6.45) is 7.48. The number of carbonyl (C=O) groups is 1. The van der Waals surface area contributed by atoms with Crippen LogP contribution in [-0.4, -0.2) is 39.6 Å². The van der Waals surface area contributed by atoms with Gasteiger partial charge in [-0.1, -0.05) is 24.4 Å². The number of hydrogen-bond acceptors (Lipinski definition) is 4. The molecule has 1 aliphatic heterocycles. The summed E-state index contributed by atoms with van der Waals surface area (Å²) in [4.78, 5) is 18.8. The van der Waals surface area contributed by atoms with Crippen LogP contribution in [0.2, 0.25) is 5.15 Å². The van der Waals surface area contributed by atoms with Gasteiger partial charge in [-0.25, -0.2) is 4.98 Å². The minimum absolute atomic E-state index is 0.121. The smallest absolute Gasteiger partial charge is 0.323 e. The van der Waals surface area contributed by atoms with Gasteiger partial charge in [0.15, 0.2) is 0 Å². The summed E-state index contributed by atoms with van der Waals surface area (Å²) < 4.78 is 6.89. The third-order valence-electron chi connectivity index (χ3n) is 5.05. The van der Waals surface area contributed by atoms with Crippen molar-refractivity contribution >= 4 is 17.6 Å². The van der Waals surface area contributed by atoms with Crippen LogP contribution in [0.1, 0.15) is 37.9 Å². The van der Waals surface area contributed by atoms with Crippen LogP contribution in [0.5, 0.6) is 0 Å². The molecule has 3 rings (SSSR count). The highest BCUT2D eigenvalue weighted by atomic mass is 35.5. The second-order valence-corrected chi connectivity index (χ2v) is 6.50. The molecule has 0 aromatic carbocycles. The fourth-order valence-electron chi connectivity index (χ4n) is 3.88. The lowest BCUT2D eigenvalue weighted by atomic mass is 9.85. The molecule has 0 amide bonds. The van der Waals surface area contributed by atoms with Gasteiger partial charge in [-0.05, 0) is 25.2 Å². The van der Waals surface area contributed by atoms with Gasteiger partial charge >= 0.3 is 5.97 Å². The molecule has 1 saturated heterocycles. The van der Waals surface area contributed by atoms with Gasteiger partial charge in [0.2, 0.25) is 0 Å². The van der Waals surface area contributed by atoms with Crippen LogP contribution in [0.25, 0.3) is 0 Å². The first-order valence-electron chi connectivity index (χ1n) is 7.61. The Hall–Kier alpha value is -1.07. The first-order chi connectivity index (χ1) is 10.1. The third kappa shape index (κ3) is 2.69. The van der Waals surface area contributed by atoms with Crippen molar-refractivity contribution in [2.24, 2.45) is 13.0 Å². The zero-order chi connectivity index (χ0) is 15.0. The summed E-state index contributed by atoms with van der Waals surface area (Å²) >= 11 is 6.07. The zero-order valence-electron chi connectivity index (χ0n) is 12.6. The summed E-state index contributed by atoms with van der Waals surface area (Å²) in [7, 11) is 3.38. The van der Waals surface area contributed by atoms with Crippen LogP contribution in [0.4, 0.5) is 0 Å². The Kier molecular flexibility index (Phi) is 4.22. The maximum Gasteiger partial charge on any atom is 0.323 e. The van der Waals surface area contributed by atoms with Gasteiger partial charge < -0.3 is 9.30 Å². The van der Waals surface area contributed by atoms with Crippen molar-refractivity contribution in [3.05, 3.63) is 17.2 Å². The highest BCUT2D eigenvalue weighted by Crippen LogP contribution is 2.40. The third-order valence-corrected chi connectivity index (χ3v) is 5.40. The van der Waals surface area contributed by atoms with Crippen LogP contribution in [0.15, 0.2) is 6.20 Å². The van der Waals surface area contributed by atoms with E-state index < -0.39 is 0 Å². The number of methoxy groups -OCH3 is 1. The van der Waals surface area contributed by atoms with Gasteiger partial charge in [-0.15, -0.1) is 0 Å². The second-order valence-electron chi connectivity index (χ2n) is 6.12. The van der Waals surface area contributed by atoms with E-state index in [1.165, 1.54) is 26.4 Å². The highest BCUT2D eigenvalue weighted by Gasteiger charge is 2.45. The Morgan fingerprint density at radius 1 is 1.48 bits per heavy atom. The highest BCUT2D eigenvalue weighted by molar-refractivity contribution is 6.29. The minimum Gasteiger partial charge on any atom is -0.468 e. The van der Waals surface area contributed by atoms with Crippen molar-refractivity contribution in [2.45, 2.75) is 50.7 Å². The molecule has 0 spiro atoms. The Morgan fingerprint density at radius 3 is 2.90 bits per heavy atom. The number of esters is 1. The standard InChI is InChI=1S/C15H22ClN3O2/c1-18-13(16)8-17-14(18)9-19-11-6-4-3-5-10(11)7-12(19)15(20)21-2/h8,10-12H,3-7,9H2,1-2H3/t10-,11-,12+/m1/s1. The summed E-state index contributed by atoms with van der Waals surface area (Å²) in [5.74, 6) is 1.39. The number of halogens is 1. The van der Waals surface area contributed by atoms with Crippen LogP contribution in [0, 0.1) is 5.92 Å². The summed E-state index contributed by atoms with van der Waals surface area (Å²) in [5, 5.41) is 0.624. The quantitative estimate of drug-likeness (QED) is 0.804.